The van der Waals surface area contributed by atoms with Crippen molar-refractivity contribution < 1.29 is 3.07 Å². The van der Waals surface area contributed by atoms with E-state index in [0.29, 0.717) is 0 Å². The SMILES string of the molecule is IOc1cccc2c(-c3ccccc3)ncnc12. The molecule has 0 fully saturated rings. The standard InChI is InChI=1S/C14H9IN2O/c15-18-12-8-4-7-11-13(16-9-17-14(11)12)10-5-2-1-3-6-10/h1-9H. The van der Waals surface area contributed by atoms with Crippen molar-refractivity contribution in [3.05, 3.63) is 54.9 Å². The molecular weight excluding hydrogens is 339 g/mol. The van der Waals surface area contributed by atoms with E-state index in [1.54, 1.807) is 6.33 Å². The van der Waals surface area contributed by atoms with Gasteiger partial charge in [0.1, 0.15) is 11.8 Å². The first-order valence-corrected chi connectivity index (χ1v) is 6.36. The van der Waals surface area contributed by atoms with Crippen LogP contribution in [-0.2, 0) is 0 Å². The first kappa shape index (κ1) is 11.4. The van der Waals surface area contributed by atoms with Gasteiger partial charge in [-0.3, -0.25) is 0 Å². The van der Waals surface area contributed by atoms with Crippen molar-refractivity contribution in [3.63, 3.8) is 0 Å². The number of halogens is 1. The molecule has 0 amide bonds. The van der Waals surface area contributed by atoms with Gasteiger partial charge in [0.2, 0.25) is 0 Å². The van der Waals surface area contributed by atoms with E-state index in [2.05, 4.69) is 9.97 Å². The number of fused-ring (bicyclic) bond motifs is 1. The minimum Gasteiger partial charge on any atom is -0.425 e. The van der Waals surface area contributed by atoms with Crippen molar-refractivity contribution in [1.29, 1.82) is 0 Å². The van der Waals surface area contributed by atoms with E-state index >= 15 is 0 Å². The first-order chi connectivity index (χ1) is 8.90. The lowest BCUT2D eigenvalue weighted by Gasteiger charge is -2.07. The fraction of sp³-hybridized carbons (Fsp3) is 0. The first-order valence-electron chi connectivity index (χ1n) is 5.48. The fourth-order valence-electron chi connectivity index (χ4n) is 1.95. The number of para-hydroxylation sites is 1. The Bertz CT molecular complexity index is 686. The second kappa shape index (κ2) is 4.89. The number of hydrogen-bond donors (Lipinski definition) is 0. The molecule has 0 aliphatic rings. The summed E-state index contributed by atoms with van der Waals surface area (Å²) in [6, 6.07) is 15.9. The van der Waals surface area contributed by atoms with Crippen LogP contribution in [0.1, 0.15) is 0 Å². The predicted octanol–water partition coefficient (Wildman–Crippen LogP) is 4.03. The summed E-state index contributed by atoms with van der Waals surface area (Å²) in [6.07, 6.45) is 1.57. The number of nitrogens with zero attached hydrogens (tertiary/aromatic N) is 2. The Hall–Kier alpha value is -1.69. The third kappa shape index (κ3) is 1.92. The highest BCUT2D eigenvalue weighted by Crippen LogP contribution is 2.30. The molecule has 4 heteroatoms. The van der Waals surface area contributed by atoms with E-state index in [1.807, 2.05) is 71.5 Å². The van der Waals surface area contributed by atoms with Crippen LogP contribution < -0.4 is 3.07 Å². The van der Waals surface area contributed by atoms with E-state index in [-0.39, 0.29) is 0 Å². The Morgan fingerprint density at radius 2 is 1.72 bits per heavy atom. The molecule has 0 saturated carbocycles. The van der Waals surface area contributed by atoms with Crippen molar-refractivity contribution >= 4 is 33.9 Å². The maximum absolute atomic E-state index is 5.30. The molecule has 88 valence electrons. The minimum absolute atomic E-state index is 0.757. The summed E-state index contributed by atoms with van der Waals surface area (Å²) in [5.41, 5.74) is 2.84. The molecule has 0 atom stereocenters. The molecule has 0 aliphatic heterocycles. The second-order valence-corrected chi connectivity index (χ2v) is 4.26. The quantitative estimate of drug-likeness (QED) is 0.656. The summed E-state index contributed by atoms with van der Waals surface area (Å²) in [6.45, 7) is 0. The zero-order valence-electron chi connectivity index (χ0n) is 9.38. The monoisotopic (exact) mass is 348 g/mol. The molecule has 0 saturated heterocycles. The summed E-state index contributed by atoms with van der Waals surface area (Å²) < 4.78 is 5.30. The normalized spacial score (nSPS) is 10.5. The zero-order chi connectivity index (χ0) is 12.4. The van der Waals surface area contributed by atoms with Crippen LogP contribution in [0, 0.1) is 0 Å². The molecule has 3 nitrogen and oxygen atoms in total. The van der Waals surface area contributed by atoms with Gasteiger partial charge in [0.25, 0.3) is 0 Å². The average molecular weight is 348 g/mol. The molecule has 1 heterocycles. The Labute approximate surface area is 119 Å². The van der Waals surface area contributed by atoms with Crippen LogP contribution in [0.2, 0.25) is 0 Å². The van der Waals surface area contributed by atoms with E-state index in [9.17, 15) is 0 Å². The highest BCUT2D eigenvalue weighted by Gasteiger charge is 2.09. The van der Waals surface area contributed by atoms with Crippen LogP contribution in [-0.4, -0.2) is 9.97 Å². The Kier molecular flexibility index (Phi) is 3.10. The predicted molar refractivity (Wildman–Crippen MR) is 79.6 cm³/mol. The largest absolute Gasteiger partial charge is 0.425 e. The van der Waals surface area contributed by atoms with Gasteiger partial charge in [-0.05, 0) is 6.07 Å². The van der Waals surface area contributed by atoms with Gasteiger partial charge in [-0.1, -0.05) is 42.5 Å². The van der Waals surface area contributed by atoms with Crippen LogP contribution in [0.5, 0.6) is 5.75 Å². The smallest absolute Gasteiger partial charge is 0.192 e. The lowest BCUT2D eigenvalue weighted by Crippen LogP contribution is -1.90. The lowest BCUT2D eigenvalue weighted by molar-refractivity contribution is 0.723. The van der Waals surface area contributed by atoms with Gasteiger partial charge in [0.05, 0.1) is 5.69 Å². The van der Waals surface area contributed by atoms with Crippen molar-refractivity contribution in [2.45, 2.75) is 0 Å². The summed E-state index contributed by atoms with van der Waals surface area (Å²) in [7, 11) is 0. The van der Waals surface area contributed by atoms with E-state index in [1.165, 1.54) is 0 Å². The van der Waals surface area contributed by atoms with Gasteiger partial charge in [-0.15, -0.1) is 0 Å². The maximum Gasteiger partial charge on any atom is 0.192 e. The molecule has 1 aromatic heterocycles. The highest BCUT2D eigenvalue weighted by molar-refractivity contribution is 14.1. The molecule has 0 aliphatic carbocycles. The van der Waals surface area contributed by atoms with Gasteiger partial charge in [0, 0.05) is 10.9 Å². The summed E-state index contributed by atoms with van der Waals surface area (Å²) in [5.74, 6) is 0.757. The molecule has 2 aromatic carbocycles. The minimum atomic E-state index is 0.757. The average Bonchev–Trinajstić information content (AvgIpc) is 2.47. The van der Waals surface area contributed by atoms with Gasteiger partial charge in [-0.2, -0.15) is 0 Å². The van der Waals surface area contributed by atoms with Crippen molar-refractivity contribution in [3.8, 4) is 17.0 Å². The van der Waals surface area contributed by atoms with Gasteiger partial charge in [0.15, 0.2) is 28.8 Å². The summed E-state index contributed by atoms with van der Waals surface area (Å²) in [5, 5.41) is 0.998. The maximum atomic E-state index is 5.30. The van der Waals surface area contributed by atoms with Gasteiger partial charge < -0.3 is 3.07 Å². The third-order valence-electron chi connectivity index (χ3n) is 2.76. The van der Waals surface area contributed by atoms with Crippen LogP contribution in [0.3, 0.4) is 0 Å². The van der Waals surface area contributed by atoms with Gasteiger partial charge >= 0.3 is 0 Å². The molecule has 3 rings (SSSR count). The van der Waals surface area contributed by atoms with Crippen LogP contribution in [0.4, 0.5) is 0 Å². The van der Waals surface area contributed by atoms with Crippen LogP contribution in [0.15, 0.2) is 54.9 Å². The second-order valence-electron chi connectivity index (χ2n) is 3.82. The molecular formula is C14H9IN2O. The van der Waals surface area contributed by atoms with Crippen LogP contribution >= 0.6 is 23.0 Å². The van der Waals surface area contributed by atoms with E-state index in [0.717, 1.165) is 27.9 Å². The molecule has 0 N–H and O–H groups in total. The van der Waals surface area contributed by atoms with Crippen LogP contribution in [0.25, 0.3) is 22.2 Å². The Morgan fingerprint density at radius 1 is 0.889 bits per heavy atom. The molecule has 3 aromatic rings. The summed E-state index contributed by atoms with van der Waals surface area (Å²) in [4.78, 5) is 8.68. The third-order valence-corrected chi connectivity index (χ3v) is 3.23. The fourth-order valence-corrected chi connectivity index (χ4v) is 2.30. The van der Waals surface area contributed by atoms with Crippen molar-refractivity contribution in [2.75, 3.05) is 0 Å². The van der Waals surface area contributed by atoms with E-state index in [4.69, 9.17) is 3.07 Å². The van der Waals surface area contributed by atoms with Crippen molar-refractivity contribution in [2.24, 2.45) is 0 Å². The number of aromatic nitrogens is 2. The summed E-state index contributed by atoms with van der Waals surface area (Å²) >= 11 is 1.87. The topological polar surface area (TPSA) is 35.0 Å². The zero-order valence-corrected chi connectivity index (χ0v) is 11.5. The van der Waals surface area contributed by atoms with Crippen molar-refractivity contribution in [1.82, 2.24) is 9.97 Å². The highest BCUT2D eigenvalue weighted by atomic mass is 127. The van der Waals surface area contributed by atoms with E-state index < -0.39 is 0 Å². The lowest BCUT2D eigenvalue weighted by atomic mass is 10.1. The Balaban J connectivity index is 2.32. The Morgan fingerprint density at radius 3 is 2.50 bits per heavy atom. The molecule has 0 spiro atoms. The molecule has 0 bridgehead atoms. The molecule has 0 unspecified atom stereocenters. The van der Waals surface area contributed by atoms with Gasteiger partial charge in [-0.25, -0.2) is 9.97 Å². The molecule has 18 heavy (non-hydrogen) atoms. The molecule has 0 radical (unpaired) electrons. The number of rotatable bonds is 2. The number of hydrogen-bond acceptors (Lipinski definition) is 3. The number of benzene rings is 2.